The Labute approximate surface area is 39.5 Å². The second-order valence-electron chi connectivity index (χ2n) is 0.748. The van der Waals surface area contributed by atoms with Gasteiger partial charge in [-0.1, -0.05) is 11.8 Å². The zero-order valence-electron chi connectivity index (χ0n) is 3.03. The summed E-state index contributed by atoms with van der Waals surface area (Å²) in [5, 5.41) is 10.4. The van der Waals surface area contributed by atoms with E-state index in [0.29, 0.717) is 0 Å². The maximum Gasteiger partial charge on any atom is 0.113 e. The molecular formula is C2H3N3S. The van der Waals surface area contributed by atoms with Crippen LogP contribution in [-0.4, -0.2) is 11.4 Å². The highest BCUT2D eigenvalue weighted by Crippen LogP contribution is 1.99. The Morgan fingerprint density at radius 2 is 2.67 bits per heavy atom. The van der Waals surface area contributed by atoms with Crippen LogP contribution < -0.4 is 0 Å². The second-order valence-corrected chi connectivity index (χ2v) is 1.55. The molecule has 0 radical (unpaired) electrons. The molecule has 1 aliphatic rings. The van der Waals surface area contributed by atoms with Gasteiger partial charge in [0.05, 0.1) is 5.55 Å². The van der Waals surface area contributed by atoms with Crippen molar-refractivity contribution >= 4 is 17.3 Å². The predicted molar refractivity (Wildman–Crippen MR) is 25.8 cm³/mol. The quantitative estimate of drug-likeness (QED) is 0.450. The van der Waals surface area contributed by atoms with E-state index >= 15 is 0 Å². The van der Waals surface area contributed by atoms with Crippen LogP contribution in [0.15, 0.2) is 15.4 Å². The van der Waals surface area contributed by atoms with Gasteiger partial charge in [0.1, 0.15) is 5.88 Å². The molecule has 1 aliphatic heterocycles. The number of nitrogens with zero attached hydrogens (tertiary/aromatic N) is 3. The first kappa shape index (κ1) is 3.80. The van der Waals surface area contributed by atoms with Gasteiger partial charge in [-0.25, -0.2) is 0 Å². The molecule has 0 aliphatic carbocycles. The summed E-state index contributed by atoms with van der Waals surface area (Å²) in [7, 11) is 0. The lowest BCUT2D eigenvalue weighted by Crippen LogP contribution is -1.73. The number of hydrogen-bond donors (Lipinski definition) is 0. The lowest BCUT2D eigenvalue weighted by Gasteiger charge is -1.85. The van der Waals surface area contributed by atoms with Crippen LogP contribution in [0.1, 0.15) is 0 Å². The Kier molecular flexibility index (Phi) is 1.21. The van der Waals surface area contributed by atoms with Crippen molar-refractivity contribution in [3.8, 4) is 0 Å². The highest BCUT2D eigenvalue weighted by atomic mass is 32.2. The van der Waals surface area contributed by atoms with Crippen LogP contribution in [0.3, 0.4) is 0 Å². The van der Waals surface area contributed by atoms with Gasteiger partial charge in [0.15, 0.2) is 0 Å². The van der Waals surface area contributed by atoms with E-state index < -0.39 is 0 Å². The summed E-state index contributed by atoms with van der Waals surface area (Å²) in [6.45, 7) is 0. The maximum absolute atomic E-state index is 3.57. The topological polar surface area (TPSA) is 37.1 Å². The van der Waals surface area contributed by atoms with Gasteiger partial charge in [-0.3, -0.25) is 0 Å². The summed E-state index contributed by atoms with van der Waals surface area (Å²) < 4.78 is 0. The highest BCUT2D eigenvalue weighted by Gasteiger charge is 1.80. The van der Waals surface area contributed by atoms with Crippen LogP contribution in [0.25, 0.3) is 0 Å². The highest BCUT2D eigenvalue weighted by molar-refractivity contribution is 8.12. The summed E-state index contributed by atoms with van der Waals surface area (Å²) in [5.41, 5.74) is 1.67. The fourth-order valence-electron chi connectivity index (χ4n) is 0.183. The van der Waals surface area contributed by atoms with Crippen LogP contribution in [0, 0.1) is 0 Å². The standard InChI is InChI=1S/C2H3N3S/c1-3-5-4-2-6-1/h1H,2H2. The van der Waals surface area contributed by atoms with Crippen molar-refractivity contribution in [1.29, 1.82) is 0 Å². The van der Waals surface area contributed by atoms with Gasteiger partial charge in [-0.2, -0.15) is 5.11 Å². The first-order chi connectivity index (χ1) is 3.00. The Balaban J connectivity index is 2.46. The van der Waals surface area contributed by atoms with E-state index in [1.54, 1.807) is 17.3 Å². The molecule has 32 valence electrons. The smallest absolute Gasteiger partial charge is 0.113 e. The molecule has 0 aromatic carbocycles. The molecule has 0 fully saturated rings. The molecule has 3 nitrogen and oxygen atoms in total. The molecule has 6 heavy (non-hydrogen) atoms. The van der Waals surface area contributed by atoms with Crippen molar-refractivity contribution in [2.75, 3.05) is 5.88 Å². The van der Waals surface area contributed by atoms with Crippen LogP contribution in [-0.2, 0) is 0 Å². The molecule has 0 amide bonds. The molecule has 0 bridgehead atoms. The molecule has 0 N–H and O–H groups in total. The fourth-order valence-corrected chi connectivity index (χ4v) is 0.477. The van der Waals surface area contributed by atoms with E-state index in [-0.39, 0.29) is 0 Å². The number of rotatable bonds is 0. The van der Waals surface area contributed by atoms with Crippen LogP contribution in [0.4, 0.5) is 0 Å². The Morgan fingerprint density at radius 1 is 1.67 bits per heavy atom. The Morgan fingerprint density at radius 3 is 2.83 bits per heavy atom. The SMILES string of the molecule is C1=NN=NCS1. The van der Waals surface area contributed by atoms with Crippen LogP contribution in [0.2, 0.25) is 0 Å². The minimum Gasteiger partial charge on any atom is -0.158 e. The summed E-state index contributed by atoms with van der Waals surface area (Å²) in [6.07, 6.45) is 0. The molecule has 0 unspecified atom stereocenters. The molecule has 4 heteroatoms. The third-order valence-corrected chi connectivity index (χ3v) is 0.877. The Bertz CT molecular complexity index is 74.8. The summed E-state index contributed by atoms with van der Waals surface area (Å²) in [5.74, 6) is 0.726. The molecule has 1 heterocycles. The zero-order chi connectivity index (χ0) is 4.24. The summed E-state index contributed by atoms with van der Waals surface area (Å²) >= 11 is 1.54. The monoisotopic (exact) mass is 101 g/mol. The largest absolute Gasteiger partial charge is 0.158 e. The molecule has 0 saturated heterocycles. The van der Waals surface area contributed by atoms with Gasteiger partial charge in [0.25, 0.3) is 0 Å². The van der Waals surface area contributed by atoms with E-state index in [2.05, 4.69) is 15.4 Å². The van der Waals surface area contributed by atoms with Crippen LogP contribution >= 0.6 is 11.8 Å². The van der Waals surface area contributed by atoms with Gasteiger partial charge in [-0.15, -0.1) is 5.10 Å². The minimum atomic E-state index is 0.726. The van der Waals surface area contributed by atoms with Crippen molar-refractivity contribution in [2.45, 2.75) is 0 Å². The number of thioether (sulfide) groups is 1. The van der Waals surface area contributed by atoms with Crippen molar-refractivity contribution in [1.82, 2.24) is 0 Å². The van der Waals surface area contributed by atoms with E-state index in [4.69, 9.17) is 0 Å². The van der Waals surface area contributed by atoms with E-state index in [9.17, 15) is 0 Å². The lowest BCUT2D eigenvalue weighted by atomic mass is 11.5. The zero-order valence-corrected chi connectivity index (χ0v) is 3.85. The van der Waals surface area contributed by atoms with Crippen molar-refractivity contribution < 1.29 is 0 Å². The number of hydrogen-bond acceptors (Lipinski definition) is 4. The average Bonchev–Trinajstić information content (AvgIpc) is 1.72. The maximum atomic E-state index is 3.57. The molecule has 0 aromatic rings. The molecule has 0 saturated carbocycles. The van der Waals surface area contributed by atoms with Gasteiger partial charge in [0, 0.05) is 0 Å². The molecule has 0 aromatic heterocycles. The van der Waals surface area contributed by atoms with Crippen molar-refractivity contribution in [2.24, 2.45) is 15.4 Å². The average molecular weight is 101 g/mol. The second kappa shape index (κ2) is 1.92. The minimum absolute atomic E-state index is 0.726. The van der Waals surface area contributed by atoms with Gasteiger partial charge in [-0.05, 0) is 5.22 Å². The summed E-state index contributed by atoms with van der Waals surface area (Å²) in [6, 6.07) is 0. The third-order valence-electron chi connectivity index (χ3n) is 0.369. The molecular weight excluding hydrogens is 98.1 g/mol. The lowest BCUT2D eigenvalue weighted by molar-refractivity contribution is 1.00. The van der Waals surface area contributed by atoms with Gasteiger partial charge in [0.2, 0.25) is 0 Å². The van der Waals surface area contributed by atoms with Crippen molar-refractivity contribution in [3.05, 3.63) is 0 Å². The first-order valence-electron chi connectivity index (χ1n) is 1.50. The van der Waals surface area contributed by atoms with E-state index in [1.165, 1.54) is 0 Å². The Hall–Kier alpha value is -0.380. The van der Waals surface area contributed by atoms with Crippen LogP contribution in [0.5, 0.6) is 0 Å². The van der Waals surface area contributed by atoms with E-state index in [1.807, 2.05) is 0 Å². The molecule has 0 atom stereocenters. The van der Waals surface area contributed by atoms with Crippen molar-refractivity contribution in [3.63, 3.8) is 0 Å². The van der Waals surface area contributed by atoms with E-state index in [0.717, 1.165) is 5.88 Å². The first-order valence-corrected chi connectivity index (χ1v) is 2.55. The normalized spacial score (nSPS) is 18.7. The van der Waals surface area contributed by atoms with Gasteiger partial charge < -0.3 is 0 Å². The molecule has 1 rings (SSSR count). The predicted octanol–water partition coefficient (Wildman–Crippen LogP) is 1.09. The van der Waals surface area contributed by atoms with Gasteiger partial charge >= 0.3 is 0 Å². The molecule has 0 spiro atoms. The summed E-state index contributed by atoms with van der Waals surface area (Å²) in [4.78, 5) is 0. The fraction of sp³-hybridized carbons (Fsp3) is 0.500. The third kappa shape index (κ3) is 0.787.